The lowest BCUT2D eigenvalue weighted by atomic mass is 10.3. The SMILES string of the molecule is O=C(O)NC1CCN(c2nc3nc(N4CCOCC4)oc3cc2[N+](=O)[O-])C1. The Morgan fingerprint density at radius 3 is 2.78 bits per heavy atom. The van der Waals surface area contributed by atoms with Crippen molar-refractivity contribution < 1.29 is 24.0 Å². The summed E-state index contributed by atoms with van der Waals surface area (Å²) >= 11 is 0. The predicted molar refractivity (Wildman–Crippen MR) is 93.3 cm³/mol. The first-order valence-electron chi connectivity index (χ1n) is 8.54. The van der Waals surface area contributed by atoms with Crippen molar-refractivity contribution >= 4 is 34.8 Å². The summed E-state index contributed by atoms with van der Waals surface area (Å²) in [4.78, 5) is 34.1. The largest absolute Gasteiger partial charge is 0.465 e. The molecule has 144 valence electrons. The zero-order valence-corrected chi connectivity index (χ0v) is 14.3. The fourth-order valence-corrected chi connectivity index (χ4v) is 3.33. The van der Waals surface area contributed by atoms with Gasteiger partial charge in [0.25, 0.3) is 6.01 Å². The second-order valence-electron chi connectivity index (χ2n) is 6.39. The van der Waals surface area contributed by atoms with Gasteiger partial charge in [0.1, 0.15) is 0 Å². The number of morpholine rings is 1. The van der Waals surface area contributed by atoms with Crippen molar-refractivity contribution in [2.75, 3.05) is 49.2 Å². The van der Waals surface area contributed by atoms with Crippen LogP contribution in [0.2, 0.25) is 0 Å². The van der Waals surface area contributed by atoms with E-state index in [1.807, 2.05) is 4.90 Å². The number of fused-ring (bicyclic) bond motifs is 1. The highest BCUT2D eigenvalue weighted by Crippen LogP contribution is 2.33. The van der Waals surface area contributed by atoms with Crippen molar-refractivity contribution in [2.45, 2.75) is 12.5 Å². The zero-order chi connectivity index (χ0) is 19.0. The van der Waals surface area contributed by atoms with E-state index in [1.54, 1.807) is 4.90 Å². The number of nitrogens with one attached hydrogen (secondary N) is 1. The summed E-state index contributed by atoms with van der Waals surface area (Å²) in [6.07, 6.45) is -0.576. The Balaban J connectivity index is 1.66. The van der Waals surface area contributed by atoms with Crippen LogP contribution in [0.4, 0.5) is 22.3 Å². The molecule has 0 bridgehead atoms. The van der Waals surface area contributed by atoms with Gasteiger partial charge in [-0.2, -0.15) is 4.98 Å². The summed E-state index contributed by atoms with van der Waals surface area (Å²) in [6, 6.07) is 1.38. The maximum absolute atomic E-state index is 11.5. The number of ether oxygens (including phenoxy) is 1. The van der Waals surface area contributed by atoms with Gasteiger partial charge >= 0.3 is 11.8 Å². The molecule has 2 aromatic rings. The van der Waals surface area contributed by atoms with Crippen LogP contribution < -0.4 is 15.1 Å². The molecule has 1 atom stereocenters. The summed E-state index contributed by atoms with van der Waals surface area (Å²) in [7, 11) is 0. The number of nitrogens with zero attached hydrogens (tertiary/aromatic N) is 5. The minimum absolute atomic E-state index is 0.170. The molecule has 2 N–H and O–H groups in total. The number of nitro groups is 1. The number of hydrogen-bond donors (Lipinski definition) is 2. The van der Waals surface area contributed by atoms with E-state index in [0.717, 1.165) is 0 Å². The summed E-state index contributed by atoms with van der Waals surface area (Å²) in [6.45, 7) is 3.12. The highest BCUT2D eigenvalue weighted by molar-refractivity contribution is 5.79. The first kappa shape index (κ1) is 17.3. The van der Waals surface area contributed by atoms with Gasteiger partial charge in [0.15, 0.2) is 5.58 Å². The van der Waals surface area contributed by atoms with Gasteiger partial charge in [-0.1, -0.05) is 0 Å². The third-order valence-corrected chi connectivity index (χ3v) is 4.63. The third-order valence-electron chi connectivity index (χ3n) is 4.63. The molecular weight excluding hydrogens is 360 g/mol. The van der Waals surface area contributed by atoms with Crippen LogP contribution in [0.3, 0.4) is 0 Å². The molecule has 4 heterocycles. The van der Waals surface area contributed by atoms with Gasteiger partial charge in [-0.05, 0) is 6.42 Å². The van der Waals surface area contributed by atoms with E-state index in [0.29, 0.717) is 51.8 Å². The standard InChI is InChI=1S/C15H18N6O6/c22-15(23)16-9-1-2-20(8-9)13-10(21(24)25)7-11-12(17-13)18-14(27-11)19-3-5-26-6-4-19/h7,9,16H,1-6,8H2,(H,22,23). The molecule has 1 amide bonds. The van der Waals surface area contributed by atoms with Crippen LogP contribution in [0, 0.1) is 10.1 Å². The number of rotatable bonds is 4. The van der Waals surface area contributed by atoms with E-state index in [1.165, 1.54) is 6.07 Å². The lowest BCUT2D eigenvalue weighted by Crippen LogP contribution is -2.36. The van der Waals surface area contributed by atoms with E-state index in [9.17, 15) is 14.9 Å². The highest BCUT2D eigenvalue weighted by atomic mass is 16.6. The minimum Gasteiger partial charge on any atom is -0.465 e. The van der Waals surface area contributed by atoms with Crippen LogP contribution in [0.25, 0.3) is 11.2 Å². The minimum atomic E-state index is -1.12. The molecule has 0 radical (unpaired) electrons. The lowest BCUT2D eigenvalue weighted by Gasteiger charge is -2.24. The number of aromatic nitrogens is 2. The monoisotopic (exact) mass is 378 g/mol. The average molecular weight is 378 g/mol. The normalized spacial score (nSPS) is 20.2. The first-order valence-corrected chi connectivity index (χ1v) is 8.54. The first-order chi connectivity index (χ1) is 13.0. The second-order valence-corrected chi connectivity index (χ2v) is 6.39. The van der Waals surface area contributed by atoms with Gasteiger partial charge in [0.05, 0.1) is 30.2 Å². The molecule has 2 aromatic heterocycles. The van der Waals surface area contributed by atoms with Crippen LogP contribution in [0.1, 0.15) is 6.42 Å². The molecule has 27 heavy (non-hydrogen) atoms. The number of amides is 1. The molecule has 0 aliphatic carbocycles. The highest BCUT2D eigenvalue weighted by Gasteiger charge is 2.31. The molecule has 4 rings (SSSR count). The molecule has 1 unspecified atom stereocenters. The fourth-order valence-electron chi connectivity index (χ4n) is 3.33. The quantitative estimate of drug-likeness (QED) is 0.578. The van der Waals surface area contributed by atoms with Gasteiger partial charge in [0.2, 0.25) is 11.5 Å². The number of anilines is 2. The van der Waals surface area contributed by atoms with Crippen molar-refractivity contribution in [3.63, 3.8) is 0 Å². The van der Waals surface area contributed by atoms with Gasteiger partial charge in [-0.25, -0.2) is 9.78 Å². The van der Waals surface area contributed by atoms with Gasteiger partial charge in [0, 0.05) is 26.2 Å². The number of hydrogen-bond acceptors (Lipinski definition) is 9. The smallest absolute Gasteiger partial charge is 0.404 e. The van der Waals surface area contributed by atoms with Crippen LogP contribution in [0.15, 0.2) is 10.5 Å². The van der Waals surface area contributed by atoms with Crippen molar-refractivity contribution in [2.24, 2.45) is 0 Å². The van der Waals surface area contributed by atoms with Crippen molar-refractivity contribution in [1.82, 2.24) is 15.3 Å². The van der Waals surface area contributed by atoms with Crippen LogP contribution in [-0.4, -0.2) is 71.5 Å². The van der Waals surface area contributed by atoms with Gasteiger partial charge < -0.3 is 29.4 Å². The number of oxazole rings is 1. The summed E-state index contributed by atoms with van der Waals surface area (Å²) in [5.74, 6) is 0.170. The summed E-state index contributed by atoms with van der Waals surface area (Å²) in [5, 5.41) is 22.8. The van der Waals surface area contributed by atoms with Crippen molar-refractivity contribution in [3.8, 4) is 0 Å². The molecule has 12 heteroatoms. The van der Waals surface area contributed by atoms with Crippen LogP contribution in [0.5, 0.6) is 0 Å². The molecule has 12 nitrogen and oxygen atoms in total. The Morgan fingerprint density at radius 1 is 1.30 bits per heavy atom. The number of carboxylic acid groups (broad SMARTS) is 1. The van der Waals surface area contributed by atoms with Gasteiger partial charge in [-0.3, -0.25) is 10.1 Å². The molecule has 2 aliphatic rings. The van der Waals surface area contributed by atoms with E-state index in [2.05, 4.69) is 15.3 Å². The average Bonchev–Trinajstić information content (AvgIpc) is 3.27. The molecule has 0 saturated carbocycles. The topological polar surface area (TPSA) is 147 Å². The summed E-state index contributed by atoms with van der Waals surface area (Å²) in [5.41, 5.74) is 0.334. The maximum atomic E-state index is 11.5. The van der Waals surface area contributed by atoms with E-state index >= 15 is 0 Å². The molecule has 0 aromatic carbocycles. The Hall–Kier alpha value is -3.15. The number of carbonyl (C=O) groups is 1. The van der Waals surface area contributed by atoms with E-state index in [-0.39, 0.29) is 28.8 Å². The Labute approximate surface area is 152 Å². The molecule has 2 saturated heterocycles. The van der Waals surface area contributed by atoms with Crippen molar-refractivity contribution in [3.05, 3.63) is 16.2 Å². The second kappa shape index (κ2) is 6.87. The lowest BCUT2D eigenvalue weighted by molar-refractivity contribution is -0.384. The predicted octanol–water partition coefficient (Wildman–Crippen LogP) is 0.814. The maximum Gasteiger partial charge on any atom is 0.404 e. The Kier molecular flexibility index (Phi) is 4.39. The van der Waals surface area contributed by atoms with Crippen LogP contribution >= 0.6 is 0 Å². The van der Waals surface area contributed by atoms with E-state index < -0.39 is 11.0 Å². The van der Waals surface area contributed by atoms with E-state index in [4.69, 9.17) is 14.3 Å². The zero-order valence-electron chi connectivity index (χ0n) is 14.3. The van der Waals surface area contributed by atoms with Crippen LogP contribution in [-0.2, 0) is 4.74 Å². The molecule has 2 aliphatic heterocycles. The summed E-state index contributed by atoms with van der Waals surface area (Å²) < 4.78 is 11.0. The molecule has 0 spiro atoms. The van der Waals surface area contributed by atoms with Crippen molar-refractivity contribution in [1.29, 1.82) is 0 Å². The van der Waals surface area contributed by atoms with Gasteiger partial charge in [-0.15, -0.1) is 0 Å². The molecular formula is C15H18N6O6. The molecule has 2 fully saturated rings. The number of pyridine rings is 1. The fraction of sp³-hybridized carbons (Fsp3) is 0.533. The Bertz CT molecular complexity index is 879. The Morgan fingerprint density at radius 2 is 2.07 bits per heavy atom. The third kappa shape index (κ3) is 3.43.